The average Bonchev–Trinajstić information content (AvgIpc) is 2.86. The summed E-state index contributed by atoms with van der Waals surface area (Å²) in [5.41, 5.74) is 5.88. The van der Waals surface area contributed by atoms with Crippen LogP contribution >= 0.6 is 15.9 Å². The molecule has 20 heavy (non-hydrogen) atoms. The van der Waals surface area contributed by atoms with Gasteiger partial charge in [0, 0.05) is 4.47 Å². The van der Waals surface area contributed by atoms with Crippen LogP contribution in [-0.4, -0.2) is 15.0 Å². The fourth-order valence-electron chi connectivity index (χ4n) is 1.64. The third-order valence-corrected chi connectivity index (χ3v) is 3.52. The number of rotatable bonds is 3. The summed E-state index contributed by atoms with van der Waals surface area (Å²) in [5, 5.41) is 7.71. The van der Waals surface area contributed by atoms with E-state index in [1.54, 1.807) is 0 Å². The van der Waals surface area contributed by atoms with Crippen LogP contribution in [0.25, 0.3) is 5.69 Å². The van der Waals surface area contributed by atoms with Gasteiger partial charge in [-0.2, -0.15) is 13.2 Å². The van der Waals surface area contributed by atoms with Gasteiger partial charge in [0.15, 0.2) is 0 Å². The van der Waals surface area contributed by atoms with Crippen molar-refractivity contribution in [3.63, 3.8) is 0 Å². The van der Waals surface area contributed by atoms with Crippen molar-refractivity contribution in [2.24, 2.45) is 5.73 Å². The van der Waals surface area contributed by atoms with Gasteiger partial charge in [0.2, 0.25) is 0 Å². The molecule has 0 spiro atoms. The van der Waals surface area contributed by atoms with Crippen LogP contribution < -0.4 is 5.73 Å². The van der Waals surface area contributed by atoms with E-state index in [1.165, 1.54) is 16.9 Å². The lowest BCUT2D eigenvalue weighted by Crippen LogP contribution is -2.09. The highest BCUT2D eigenvalue weighted by Gasteiger charge is 2.31. The summed E-state index contributed by atoms with van der Waals surface area (Å²) in [5.74, 6) is 0. The third kappa shape index (κ3) is 3.01. The highest BCUT2D eigenvalue weighted by Crippen LogP contribution is 2.33. The van der Waals surface area contributed by atoms with Gasteiger partial charge < -0.3 is 5.73 Å². The molecule has 2 N–H and O–H groups in total. The molecule has 0 aliphatic heterocycles. The molecule has 4 nitrogen and oxygen atoms in total. The molecule has 1 unspecified atom stereocenters. The number of halogens is 4. The monoisotopic (exact) mass is 348 g/mol. The van der Waals surface area contributed by atoms with Crippen LogP contribution in [0.2, 0.25) is 0 Å². The Morgan fingerprint density at radius 3 is 2.70 bits per heavy atom. The topological polar surface area (TPSA) is 56.7 Å². The van der Waals surface area contributed by atoms with Crippen molar-refractivity contribution in [3.05, 3.63) is 40.1 Å². The minimum absolute atomic E-state index is 0.266. The first-order chi connectivity index (χ1) is 9.32. The molecule has 0 fully saturated rings. The van der Waals surface area contributed by atoms with E-state index in [9.17, 15) is 13.2 Å². The van der Waals surface area contributed by atoms with Crippen LogP contribution in [-0.2, 0) is 6.18 Å². The molecule has 0 aliphatic rings. The van der Waals surface area contributed by atoms with Gasteiger partial charge in [-0.3, -0.25) is 0 Å². The molecular weight excluding hydrogens is 337 g/mol. The molecule has 0 saturated heterocycles. The number of aromatic nitrogens is 3. The molecular formula is C12H12BrF3N4. The molecule has 0 saturated carbocycles. The van der Waals surface area contributed by atoms with E-state index in [-0.39, 0.29) is 11.7 Å². The van der Waals surface area contributed by atoms with Crippen molar-refractivity contribution < 1.29 is 13.2 Å². The molecule has 0 aliphatic carbocycles. The highest BCUT2D eigenvalue weighted by atomic mass is 79.9. The van der Waals surface area contributed by atoms with E-state index in [0.29, 0.717) is 16.6 Å². The zero-order chi connectivity index (χ0) is 14.9. The van der Waals surface area contributed by atoms with E-state index in [2.05, 4.69) is 26.2 Å². The molecule has 1 aromatic carbocycles. The molecule has 1 aromatic heterocycles. The van der Waals surface area contributed by atoms with Crippen molar-refractivity contribution in [2.75, 3.05) is 0 Å². The fraction of sp³-hybridized carbons (Fsp3) is 0.333. The van der Waals surface area contributed by atoms with Gasteiger partial charge in [-0.25, -0.2) is 4.68 Å². The number of nitrogens with two attached hydrogens (primary N) is 1. The summed E-state index contributed by atoms with van der Waals surface area (Å²) < 4.78 is 39.9. The Morgan fingerprint density at radius 2 is 2.10 bits per heavy atom. The molecule has 0 amide bonds. The predicted octanol–water partition coefficient (Wildman–Crippen LogP) is 3.46. The lowest BCUT2D eigenvalue weighted by atomic mass is 10.2. The van der Waals surface area contributed by atoms with Crippen LogP contribution in [0.1, 0.15) is 30.6 Å². The molecule has 0 radical (unpaired) electrons. The number of nitrogens with zero attached hydrogens (tertiary/aromatic N) is 3. The van der Waals surface area contributed by atoms with Crippen LogP contribution in [0, 0.1) is 0 Å². The van der Waals surface area contributed by atoms with Gasteiger partial charge in [-0.1, -0.05) is 12.1 Å². The van der Waals surface area contributed by atoms with Crippen LogP contribution in [0.15, 0.2) is 28.9 Å². The SMILES string of the molecule is CCC(N)c1cn(-c2cc(C(F)(F)F)ccc2Br)nn1. The Kier molecular flexibility index (Phi) is 4.14. The summed E-state index contributed by atoms with van der Waals surface area (Å²) in [7, 11) is 0. The quantitative estimate of drug-likeness (QED) is 0.923. The summed E-state index contributed by atoms with van der Waals surface area (Å²) in [6.45, 7) is 1.89. The van der Waals surface area contributed by atoms with Crippen molar-refractivity contribution in [3.8, 4) is 5.69 Å². The second-order valence-electron chi connectivity index (χ2n) is 4.27. The molecule has 8 heteroatoms. The van der Waals surface area contributed by atoms with Gasteiger partial charge >= 0.3 is 6.18 Å². The number of hydrogen-bond donors (Lipinski definition) is 1. The van der Waals surface area contributed by atoms with Crippen molar-refractivity contribution in [1.82, 2.24) is 15.0 Å². The zero-order valence-corrected chi connectivity index (χ0v) is 12.1. The normalized spacial score (nSPS) is 13.5. The van der Waals surface area contributed by atoms with Crippen LogP contribution in [0.4, 0.5) is 13.2 Å². The third-order valence-electron chi connectivity index (χ3n) is 2.85. The first-order valence-electron chi connectivity index (χ1n) is 5.88. The lowest BCUT2D eigenvalue weighted by molar-refractivity contribution is -0.137. The standard InChI is InChI=1S/C12H12BrF3N4/c1-2-9(17)10-6-20(19-18-10)11-5-7(12(14,15)16)3-4-8(11)13/h3-6,9H,2,17H2,1H3. The Balaban J connectivity index is 2.44. The molecule has 1 atom stereocenters. The van der Waals surface area contributed by atoms with Gasteiger partial charge in [-0.05, 0) is 40.5 Å². The van der Waals surface area contributed by atoms with Gasteiger partial charge in [0.05, 0.1) is 29.2 Å². The molecule has 108 valence electrons. The second-order valence-corrected chi connectivity index (χ2v) is 5.12. The highest BCUT2D eigenvalue weighted by molar-refractivity contribution is 9.10. The molecule has 2 rings (SSSR count). The van der Waals surface area contributed by atoms with Crippen molar-refractivity contribution in [1.29, 1.82) is 0 Å². The van der Waals surface area contributed by atoms with Crippen molar-refractivity contribution in [2.45, 2.75) is 25.6 Å². The summed E-state index contributed by atoms with van der Waals surface area (Å²) in [6.07, 6.45) is -2.20. The van der Waals surface area contributed by atoms with Gasteiger partial charge in [0.25, 0.3) is 0 Å². The second kappa shape index (κ2) is 5.53. The van der Waals surface area contributed by atoms with E-state index in [0.717, 1.165) is 12.1 Å². The van der Waals surface area contributed by atoms with Gasteiger partial charge in [-0.15, -0.1) is 5.10 Å². The Bertz CT molecular complexity index is 609. The maximum Gasteiger partial charge on any atom is 0.416 e. The van der Waals surface area contributed by atoms with Crippen LogP contribution in [0.3, 0.4) is 0 Å². The average molecular weight is 349 g/mol. The summed E-state index contributed by atoms with van der Waals surface area (Å²) in [6, 6.07) is 3.07. The molecule has 2 aromatic rings. The number of alkyl halides is 3. The van der Waals surface area contributed by atoms with E-state index >= 15 is 0 Å². The maximum atomic E-state index is 12.7. The maximum absolute atomic E-state index is 12.7. The van der Waals surface area contributed by atoms with E-state index in [1.807, 2.05) is 6.92 Å². The van der Waals surface area contributed by atoms with Crippen LogP contribution in [0.5, 0.6) is 0 Å². The predicted molar refractivity (Wildman–Crippen MR) is 71.3 cm³/mol. The van der Waals surface area contributed by atoms with E-state index in [4.69, 9.17) is 5.73 Å². The largest absolute Gasteiger partial charge is 0.416 e. The lowest BCUT2D eigenvalue weighted by Gasteiger charge is -2.10. The Morgan fingerprint density at radius 1 is 1.40 bits per heavy atom. The Labute approximate surface area is 121 Å². The first kappa shape index (κ1) is 15.0. The van der Waals surface area contributed by atoms with Gasteiger partial charge in [0.1, 0.15) is 0 Å². The van der Waals surface area contributed by atoms with Crippen molar-refractivity contribution >= 4 is 15.9 Å². The minimum Gasteiger partial charge on any atom is -0.323 e. The number of benzene rings is 1. The molecule has 0 bridgehead atoms. The smallest absolute Gasteiger partial charge is 0.323 e. The number of hydrogen-bond acceptors (Lipinski definition) is 3. The van der Waals surface area contributed by atoms with E-state index < -0.39 is 11.7 Å². The first-order valence-corrected chi connectivity index (χ1v) is 6.67. The Hall–Kier alpha value is -1.41. The molecule has 1 heterocycles. The fourth-order valence-corrected chi connectivity index (χ4v) is 2.07. The summed E-state index contributed by atoms with van der Waals surface area (Å²) in [4.78, 5) is 0. The zero-order valence-electron chi connectivity index (χ0n) is 10.5. The minimum atomic E-state index is -4.40. The summed E-state index contributed by atoms with van der Waals surface area (Å²) >= 11 is 3.21.